The smallest absolute Gasteiger partial charge is 0.410 e. The molecule has 3 heterocycles. The molecule has 3 aromatic rings. The Morgan fingerprint density at radius 1 is 1.06 bits per heavy atom. The Morgan fingerprint density at radius 3 is 2.41 bits per heavy atom. The molecule has 0 fully saturated rings. The minimum absolute atomic E-state index is 0.284. The van der Waals surface area contributed by atoms with Crippen LogP contribution in [0.1, 0.15) is 38.4 Å². The monoisotopic (exact) mass is 464 g/mol. The number of imidazole rings is 1. The maximum absolute atomic E-state index is 12.4. The van der Waals surface area contributed by atoms with Crippen molar-refractivity contribution in [3.8, 4) is 22.9 Å². The first kappa shape index (κ1) is 23.6. The third-order valence-electron chi connectivity index (χ3n) is 5.85. The lowest BCUT2D eigenvalue weighted by Crippen LogP contribution is -2.39. The first-order chi connectivity index (χ1) is 16.1. The average molecular weight is 465 g/mol. The highest BCUT2D eigenvalue weighted by molar-refractivity contribution is 5.83. The third kappa shape index (κ3) is 4.58. The Balaban J connectivity index is 1.65. The molecule has 0 atom stereocenters. The summed E-state index contributed by atoms with van der Waals surface area (Å²) in [6.07, 6.45) is 2.50. The molecule has 0 aliphatic carbocycles. The van der Waals surface area contributed by atoms with Gasteiger partial charge in [0.15, 0.2) is 17.1 Å². The molecule has 4 rings (SSSR count). The zero-order chi connectivity index (χ0) is 24.6. The standard InChI is InChI=1S/C26H32N4O4/c1-16-14-19(17-10-12-30(13-11-17)25(31)34-26(2,3)4)27-24-22(16)28-23(29(24)5)18-8-9-20(32-6)21(15-18)33-7/h8-10,14-15H,11-13H2,1-7H3. The number of ether oxygens (including phenoxy) is 3. The number of aromatic nitrogens is 3. The van der Waals surface area contributed by atoms with E-state index in [1.807, 2.05) is 50.6 Å². The fourth-order valence-electron chi connectivity index (χ4n) is 4.09. The molecule has 0 N–H and O–H groups in total. The molecule has 0 saturated heterocycles. The van der Waals surface area contributed by atoms with Gasteiger partial charge in [-0.15, -0.1) is 0 Å². The number of benzene rings is 1. The van der Waals surface area contributed by atoms with Gasteiger partial charge >= 0.3 is 6.09 Å². The Morgan fingerprint density at radius 2 is 1.79 bits per heavy atom. The highest BCUT2D eigenvalue weighted by atomic mass is 16.6. The Bertz CT molecular complexity index is 1270. The van der Waals surface area contributed by atoms with Gasteiger partial charge in [-0.05, 0) is 69.5 Å². The number of amides is 1. The van der Waals surface area contributed by atoms with Gasteiger partial charge in [-0.1, -0.05) is 6.08 Å². The van der Waals surface area contributed by atoms with Crippen LogP contribution in [0.15, 0.2) is 30.3 Å². The highest BCUT2D eigenvalue weighted by Crippen LogP contribution is 2.34. The maximum atomic E-state index is 12.4. The lowest BCUT2D eigenvalue weighted by molar-refractivity contribution is 0.0270. The first-order valence-electron chi connectivity index (χ1n) is 11.3. The van der Waals surface area contributed by atoms with Gasteiger partial charge < -0.3 is 23.7 Å². The zero-order valence-corrected chi connectivity index (χ0v) is 20.9. The van der Waals surface area contributed by atoms with Crippen LogP contribution in [0.5, 0.6) is 11.5 Å². The minimum Gasteiger partial charge on any atom is -0.493 e. The number of pyridine rings is 1. The van der Waals surface area contributed by atoms with Crippen LogP contribution in [0.25, 0.3) is 28.1 Å². The van der Waals surface area contributed by atoms with Crippen molar-refractivity contribution in [2.45, 2.75) is 39.7 Å². The molecule has 8 nitrogen and oxygen atoms in total. The summed E-state index contributed by atoms with van der Waals surface area (Å²) < 4.78 is 18.3. The van der Waals surface area contributed by atoms with E-state index >= 15 is 0 Å². The predicted molar refractivity (Wildman–Crippen MR) is 132 cm³/mol. The van der Waals surface area contributed by atoms with E-state index in [2.05, 4.69) is 19.1 Å². The summed E-state index contributed by atoms with van der Waals surface area (Å²) in [6.45, 7) is 8.79. The molecule has 180 valence electrons. The molecule has 0 bridgehead atoms. The van der Waals surface area contributed by atoms with Crippen molar-refractivity contribution >= 4 is 22.8 Å². The molecule has 0 unspecified atom stereocenters. The van der Waals surface area contributed by atoms with Crippen LogP contribution in [-0.4, -0.2) is 58.4 Å². The van der Waals surface area contributed by atoms with Gasteiger partial charge in [0.2, 0.25) is 0 Å². The summed E-state index contributed by atoms with van der Waals surface area (Å²) in [5, 5.41) is 0. The Labute approximate surface area is 200 Å². The number of carbonyl (C=O) groups is 1. The second-order valence-electron chi connectivity index (χ2n) is 9.47. The van der Waals surface area contributed by atoms with Crippen molar-refractivity contribution in [3.05, 3.63) is 41.6 Å². The largest absolute Gasteiger partial charge is 0.493 e. The predicted octanol–water partition coefficient (Wildman–Crippen LogP) is 4.99. The first-order valence-corrected chi connectivity index (χ1v) is 11.3. The summed E-state index contributed by atoms with van der Waals surface area (Å²) in [7, 11) is 5.21. The van der Waals surface area contributed by atoms with Gasteiger partial charge in [0.1, 0.15) is 16.9 Å². The van der Waals surface area contributed by atoms with Crippen LogP contribution in [-0.2, 0) is 11.8 Å². The van der Waals surface area contributed by atoms with Gasteiger partial charge in [-0.25, -0.2) is 14.8 Å². The lowest BCUT2D eigenvalue weighted by atomic mass is 10.0. The van der Waals surface area contributed by atoms with Gasteiger partial charge in [0, 0.05) is 25.7 Å². The molecule has 2 aromatic heterocycles. The molecule has 0 saturated carbocycles. The van der Waals surface area contributed by atoms with Gasteiger partial charge in [0.05, 0.1) is 19.9 Å². The SMILES string of the molecule is COc1ccc(-c2nc3c(C)cc(C4=CCN(C(=O)OC(C)(C)C)CC4)nc3n2C)cc1OC. The van der Waals surface area contributed by atoms with Crippen molar-refractivity contribution < 1.29 is 19.0 Å². The van der Waals surface area contributed by atoms with Crippen LogP contribution >= 0.6 is 0 Å². The van der Waals surface area contributed by atoms with Crippen molar-refractivity contribution in [2.24, 2.45) is 7.05 Å². The molecule has 1 aromatic carbocycles. The van der Waals surface area contributed by atoms with E-state index in [1.165, 1.54) is 0 Å². The molecule has 1 amide bonds. The molecular formula is C26H32N4O4. The van der Waals surface area contributed by atoms with Crippen LogP contribution in [0.2, 0.25) is 0 Å². The molecule has 0 spiro atoms. The normalized spacial score (nSPS) is 14.2. The van der Waals surface area contributed by atoms with E-state index in [0.717, 1.165) is 45.8 Å². The summed E-state index contributed by atoms with van der Waals surface area (Å²) in [5.41, 5.74) is 5.19. The van der Waals surface area contributed by atoms with Crippen LogP contribution in [0.3, 0.4) is 0 Å². The number of fused-ring (bicyclic) bond motifs is 1. The number of methoxy groups -OCH3 is 2. The average Bonchev–Trinajstić information content (AvgIpc) is 3.14. The second kappa shape index (κ2) is 9.00. The molecule has 34 heavy (non-hydrogen) atoms. The zero-order valence-electron chi connectivity index (χ0n) is 20.9. The summed E-state index contributed by atoms with van der Waals surface area (Å²) in [4.78, 5) is 23.9. The number of carbonyl (C=O) groups excluding carboxylic acids is 1. The second-order valence-corrected chi connectivity index (χ2v) is 9.47. The van der Waals surface area contributed by atoms with E-state index in [9.17, 15) is 4.79 Å². The Hall–Kier alpha value is -3.55. The molecule has 8 heteroatoms. The highest BCUT2D eigenvalue weighted by Gasteiger charge is 2.25. The summed E-state index contributed by atoms with van der Waals surface area (Å²) in [5.74, 6) is 2.13. The fourth-order valence-corrected chi connectivity index (χ4v) is 4.09. The molecule has 0 radical (unpaired) electrons. The van der Waals surface area contributed by atoms with Crippen molar-refractivity contribution in [3.63, 3.8) is 0 Å². The van der Waals surface area contributed by atoms with E-state index in [0.29, 0.717) is 24.6 Å². The number of nitrogens with zero attached hydrogens (tertiary/aromatic N) is 4. The van der Waals surface area contributed by atoms with Gasteiger partial charge in [0.25, 0.3) is 0 Å². The van der Waals surface area contributed by atoms with Gasteiger partial charge in [-0.2, -0.15) is 0 Å². The van der Waals surface area contributed by atoms with Crippen LogP contribution < -0.4 is 9.47 Å². The number of hydrogen-bond acceptors (Lipinski definition) is 6. The van der Waals surface area contributed by atoms with Crippen molar-refractivity contribution in [1.29, 1.82) is 0 Å². The quantitative estimate of drug-likeness (QED) is 0.542. The van der Waals surface area contributed by atoms with Gasteiger partial charge in [-0.3, -0.25) is 0 Å². The number of aryl methyl sites for hydroxylation is 2. The number of hydrogen-bond donors (Lipinski definition) is 0. The lowest BCUT2D eigenvalue weighted by Gasteiger charge is -2.29. The maximum Gasteiger partial charge on any atom is 0.410 e. The van der Waals surface area contributed by atoms with Crippen LogP contribution in [0, 0.1) is 6.92 Å². The van der Waals surface area contributed by atoms with E-state index < -0.39 is 5.60 Å². The fraction of sp³-hybridized carbons (Fsp3) is 0.423. The van der Waals surface area contributed by atoms with Crippen molar-refractivity contribution in [2.75, 3.05) is 27.3 Å². The van der Waals surface area contributed by atoms with Crippen LogP contribution in [0.4, 0.5) is 4.79 Å². The molecular weight excluding hydrogens is 432 g/mol. The Kier molecular flexibility index (Phi) is 6.25. The minimum atomic E-state index is -0.504. The third-order valence-corrected chi connectivity index (χ3v) is 5.85. The van der Waals surface area contributed by atoms with E-state index in [4.69, 9.17) is 24.2 Å². The molecule has 1 aliphatic heterocycles. The molecule has 1 aliphatic rings. The topological polar surface area (TPSA) is 78.7 Å². The van der Waals surface area contributed by atoms with E-state index in [-0.39, 0.29) is 6.09 Å². The van der Waals surface area contributed by atoms with E-state index in [1.54, 1.807) is 19.1 Å². The number of rotatable bonds is 4. The summed E-state index contributed by atoms with van der Waals surface area (Å²) >= 11 is 0. The van der Waals surface area contributed by atoms with Crippen molar-refractivity contribution in [1.82, 2.24) is 19.4 Å². The summed E-state index contributed by atoms with van der Waals surface area (Å²) in [6, 6.07) is 7.84.